The van der Waals surface area contributed by atoms with Crippen molar-refractivity contribution in [1.82, 2.24) is 20.1 Å². The van der Waals surface area contributed by atoms with Crippen LogP contribution in [0.1, 0.15) is 26.7 Å². The number of nitrogens with one attached hydrogen (secondary N) is 1. The first-order valence-electron chi connectivity index (χ1n) is 10.2. The molecule has 26 heavy (non-hydrogen) atoms. The van der Waals surface area contributed by atoms with Gasteiger partial charge in [0.1, 0.15) is 5.82 Å². The van der Waals surface area contributed by atoms with Crippen molar-refractivity contribution >= 4 is 11.8 Å². The normalized spacial score (nSPS) is 20.5. The lowest BCUT2D eigenvalue weighted by Gasteiger charge is -2.37. The predicted octanol–water partition coefficient (Wildman–Crippen LogP) is 1.90. The van der Waals surface area contributed by atoms with E-state index in [9.17, 15) is 0 Å². The first-order valence-corrected chi connectivity index (χ1v) is 10.2. The first kappa shape index (κ1) is 19.0. The molecule has 6 heteroatoms. The average Bonchev–Trinajstić information content (AvgIpc) is 3.19. The molecule has 1 atom stereocenters. The Balaban J connectivity index is 1.51. The van der Waals surface area contributed by atoms with Crippen molar-refractivity contribution in [3.8, 4) is 0 Å². The van der Waals surface area contributed by atoms with Gasteiger partial charge in [-0.25, -0.2) is 4.98 Å². The van der Waals surface area contributed by atoms with Crippen molar-refractivity contribution in [2.24, 2.45) is 10.9 Å². The van der Waals surface area contributed by atoms with Crippen molar-refractivity contribution in [2.75, 3.05) is 63.8 Å². The Morgan fingerprint density at radius 2 is 1.92 bits per heavy atom. The number of pyridine rings is 1. The molecule has 0 aromatic carbocycles. The number of hydrogen-bond donors (Lipinski definition) is 1. The van der Waals surface area contributed by atoms with Crippen LogP contribution in [-0.4, -0.2) is 79.6 Å². The summed E-state index contributed by atoms with van der Waals surface area (Å²) in [6, 6.07) is 6.12. The molecule has 2 aliphatic heterocycles. The van der Waals surface area contributed by atoms with Crippen LogP contribution in [0.4, 0.5) is 5.82 Å². The van der Waals surface area contributed by atoms with E-state index in [1.165, 1.54) is 32.5 Å². The van der Waals surface area contributed by atoms with E-state index in [-0.39, 0.29) is 0 Å². The molecule has 0 bridgehead atoms. The minimum absolute atomic E-state index is 0.608. The van der Waals surface area contributed by atoms with E-state index >= 15 is 0 Å². The number of anilines is 1. The number of aromatic nitrogens is 1. The van der Waals surface area contributed by atoms with Gasteiger partial charge in [0, 0.05) is 52.0 Å². The zero-order valence-corrected chi connectivity index (χ0v) is 16.4. The maximum absolute atomic E-state index is 4.95. The maximum atomic E-state index is 4.95. The highest BCUT2D eigenvalue weighted by atomic mass is 15.4. The van der Waals surface area contributed by atoms with Crippen LogP contribution in [0.2, 0.25) is 0 Å². The summed E-state index contributed by atoms with van der Waals surface area (Å²) in [4.78, 5) is 16.8. The van der Waals surface area contributed by atoms with Gasteiger partial charge in [-0.15, -0.1) is 0 Å². The van der Waals surface area contributed by atoms with Crippen LogP contribution in [-0.2, 0) is 0 Å². The van der Waals surface area contributed by atoms with Gasteiger partial charge >= 0.3 is 0 Å². The Morgan fingerprint density at radius 3 is 2.58 bits per heavy atom. The second-order valence-electron chi connectivity index (χ2n) is 7.47. The van der Waals surface area contributed by atoms with Crippen molar-refractivity contribution in [3.63, 3.8) is 0 Å². The van der Waals surface area contributed by atoms with Gasteiger partial charge < -0.3 is 20.0 Å². The van der Waals surface area contributed by atoms with Crippen LogP contribution in [0.3, 0.4) is 0 Å². The second kappa shape index (κ2) is 9.76. The van der Waals surface area contributed by atoms with Gasteiger partial charge in [0.2, 0.25) is 0 Å². The number of nitrogens with zero attached hydrogens (tertiary/aromatic N) is 5. The fraction of sp³-hybridized carbons (Fsp3) is 0.700. The quantitative estimate of drug-likeness (QED) is 0.622. The van der Waals surface area contributed by atoms with Crippen LogP contribution in [0.25, 0.3) is 0 Å². The van der Waals surface area contributed by atoms with Crippen molar-refractivity contribution < 1.29 is 0 Å². The molecule has 1 unspecified atom stereocenters. The molecule has 144 valence electrons. The van der Waals surface area contributed by atoms with E-state index in [2.05, 4.69) is 51.0 Å². The standard InChI is InChI=1S/C20H34N6/c1-3-21-20(23-16-18(2)17-24-10-6-7-11-24)26-14-12-25(13-15-26)19-8-4-5-9-22-19/h4-5,8-9,18H,3,6-7,10-17H2,1-2H3,(H,21,23). The third kappa shape index (κ3) is 5.34. The molecule has 0 radical (unpaired) electrons. The van der Waals surface area contributed by atoms with E-state index in [0.717, 1.165) is 51.0 Å². The lowest BCUT2D eigenvalue weighted by atomic mass is 10.2. The van der Waals surface area contributed by atoms with Crippen LogP contribution < -0.4 is 10.2 Å². The smallest absolute Gasteiger partial charge is 0.194 e. The molecule has 2 fully saturated rings. The maximum Gasteiger partial charge on any atom is 0.194 e. The van der Waals surface area contributed by atoms with Gasteiger partial charge in [0.15, 0.2) is 5.96 Å². The van der Waals surface area contributed by atoms with E-state index < -0.39 is 0 Å². The van der Waals surface area contributed by atoms with Gasteiger partial charge in [0.25, 0.3) is 0 Å². The van der Waals surface area contributed by atoms with Crippen molar-refractivity contribution in [2.45, 2.75) is 26.7 Å². The summed E-state index contributed by atoms with van der Waals surface area (Å²) < 4.78 is 0. The molecule has 0 aliphatic carbocycles. The summed E-state index contributed by atoms with van der Waals surface area (Å²) in [6.07, 6.45) is 4.59. The zero-order chi connectivity index (χ0) is 18.2. The lowest BCUT2D eigenvalue weighted by molar-refractivity contribution is 0.290. The Hall–Kier alpha value is -1.82. The lowest BCUT2D eigenvalue weighted by Crippen LogP contribution is -2.52. The van der Waals surface area contributed by atoms with E-state index in [1.54, 1.807) is 0 Å². The van der Waals surface area contributed by atoms with Crippen molar-refractivity contribution in [3.05, 3.63) is 24.4 Å². The first-order chi connectivity index (χ1) is 12.8. The summed E-state index contributed by atoms with van der Waals surface area (Å²) in [5.41, 5.74) is 0. The number of piperazine rings is 1. The fourth-order valence-electron chi connectivity index (χ4n) is 3.82. The number of hydrogen-bond acceptors (Lipinski definition) is 4. The minimum Gasteiger partial charge on any atom is -0.357 e. The van der Waals surface area contributed by atoms with E-state index in [4.69, 9.17) is 4.99 Å². The molecule has 2 aliphatic rings. The highest BCUT2D eigenvalue weighted by Gasteiger charge is 2.21. The molecule has 0 spiro atoms. The van der Waals surface area contributed by atoms with Crippen LogP contribution >= 0.6 is 0 Å². The zero-order valence-electron chi connectivity index (χ0n) is 16.4. The third-order valence-electron chi connectivity index (χ3n) is 5.21. The number of rotatable bonds is 6. The Labute approximate surface area is 158 Å². The molecule has 1 aromatic rings. The third-order valence-corrected chi connectivity index (χ3v) is 5.21. The van der Waals surface area contributed by atoms with Gasteiger partial charge in [-0.1, -0.05) is 13.0 Å². The molecule has 0 saturated carbocycles. The molecule has 2 saturated heterocycles. The SMILES string of the molecule is CCNC(=NCC(C)CN1CCCC1)N1CCN(c2ccccn2)CC1. The summed E-state index contributed by atoms with van der Waals surface area (Å²) in [5, 5.41) is 3.48. The molecule has 6 nitrogen and oxygen atoms in total. The largest absolute Gasteiger partial charge is 0.357 e. The molecule has 1 aromatic heterocycles. The molecular weight excluding hydrogens is 324 g/mol. The van der Waals surface area contributed by atoms with Crippen LogP contribution in [0.15, 0.2) is 29.4 Å². The summed E-state index contributed by atoms with van der Waals surface area (Å²) in [5.74, 6) is 2.76. The fourth-order valence-corrected chi connectivity index (χ4v) is 3.82. The molecule has 0 amide bonds. The number of likely N-dealkylation sites (tertiary alicyclic amines) is 1. The highest BCUT2D eigenvalue weighted by Crippen LogP contribution is 2.13. The van der Waals surface area contributed by atoms with Gasteiger partial charge in [0.05, 0.1) is 0 Å². The summed E-state index contributed by atoms with van der Waals surface area (Å²) in [6.45, 7) is 14.0. The van der Waals surface area contributed by atoms with Crippen molar-refractivity contribution in [1.29, 1.82) is 0 Å². The van der Waals surface area contributed by atoms with Crippen LogP contribution in [0.5, 0.6) is 0 Å². The van der Waals surface area contributed by atoms with Gasteiger partial charge in [-0.3, -0.25) is 4.99 Å². The Morgan fingerprint density at radius 1 is 1.15 bits per heavy atom. The van der Waals surface area contributed by atoms with Gasteiger partial charge in [-0.05, 0) is 50.9 Å². The minimum atomic E-state index is 0.608. The van der Waals surface area contributed by atoms with Gasteiger partial charge in [-0.2, -0.15) is 0 Å². The number of aliphatic imine (C=N–C) groups is 1. The summed E-state index contributed by atoms with van der Waals surface area (Å²) >= 11 is 0. The monoisotopic (exact) mass is 358 g/mol. The predicted molar refractivity (Wildman–Crippen MR) is 109 cm³/mol. The molecule has 3 heterocycles. The second-order valence-corrected chi connectivity index (χ2v) is 7.47. The van der Waals surface area contributed by atoms with Crippen LogP contribution in [0, 0.1) is 5.92 Å². The molecule has 3 rings (SSSR count). The Kier molecular flexibility index (Phi) is 7.12. The molecule has 1 N–H and O–H groups in total. The number of guanidine groups is 1. The van der Waals surface area contributed by atoms with E-state index in [0.29, 0.717) is 5.92 Å². The summed E-state index contributed by atoms with van der Waals surface area (Å²) in [7, 11) is 0. The Bertz CT molecular complexity index is 547. The molecular formula is C20H34N6. The topological polar surface area (TPSA) is 47.0 Å². The highest BCUT2D eigenvalue weighted by molar-refractivity contribution is 5.80. The van der Waals surface area contributed by atoms with E-state index in [1.807, 2.05) is 12.3 Å². The average molecular weight is 359 g/mol.